The van der Waals surface area contributed by atoms with Gasteiger partial charge in [-0.15, -0.1) is 0 Å². The molecule has 0 amide bonds. The molecule has 0 spiro atoms. The maximum Gasteiger partial charge on any atom is 0.338 e. The zero-order valence-corrected chi connectivity index (χ0v) is 13.8. The Balaban J connectivity index is 1.71. The number of hydrogen-bond donors (Lipinski definition) is 1. The summed E-state index contributed by atoms with van der Waals surface area (Å²) in [6.45, 7) is 7.22. The van der Waals surface area contributed by atoms with E-state index in [0.29, 0.717) is 23.9 Å². The van der Waals surface area contributed by atoms with Gasteiger partial charge < -0.3 is 15.4 Å². The lowest BCUT2D eigenvalue weighted by Gasteiger charge is -2.37. The second-order valence-electron chi connectivity index (χ2n) is 6.31. The molecule has 1 aliphatic heterocycles. The molecular weight excluding hydrogens is 276 g/mol. The number of piperidine rings is 1. The predicted octanol–water partition coefficient (Wildman–Crippen LogP) is 3.33. The molecule has 1 aliphatic rings. The van der Waals surface area contributed by atoms with Gasteiger partial charge in [-0.1, -0.05) is 19.4 Å². The second-order valence-corrected chi connectivity index (χ2v) is 6.31. The summed E-state index contributed by atoms with van der Waals surface area (Å²) in [5.41, 5.74) is 6.79. The summed E-state index contributed by atoms with van der Waals surface area (Å²) >= 11 is 0. The third kappa shape index (κ3) is 4.73. The highest BCUT2D eigenvalue weighted by Crippen LogP contribution is 2.23. The Kier molecular flexibility index (Phi) is 6.25. The Bertz CT molecular complexity index is 490. The highest BCUT2D eigenvalue weighted by Gasteiger charge is 2.23. The number of benzene rings is 1. The molecule has 1 heterocycles. The van der Waals surface area contributed by atoms with Crippen LogP contribution in [0.2, 0.25) is 0 Å². The average Bonchev–Trinajstić information content (AvgIpc) is 2.53. The maximum atomic E-state index is 11.9. The van der Waals surface area contributed by atoms with Crippen LogP contribution in [0, 0.1) is 5.92 Å². The van der Waals surface area contributed by atoms with Crippen molar-refractivity contribution in [3.05, 3.63) is 29.8 Å². The first kappa shape index (κ1) is 16.8. The molecule has 2 unspecified atom stereocenters. The molecule has 0 bridgehead atoms. The van der Waals surface area contributed by atoms with Gasteiger partial charge in [-0.2, -0.15) is 0 Å². The quantitative estimate of drug-likeness (QED) is 0.497. The number of likely N-dealkylation sites (tertiary alicyclic amines) is 1. The molecule has 2 rings (SSSR count). The van der Waals surface area contributed by atoms with E-state index in [4.69, 9.17) is 10.5 Å². The zero-order valence-electron chi connectivity index (χ0n) is 13.8. The van der Waals surface area contributed by atoms with Gasteiger partial charge in [0.15, 0.2) is 0 Å². The van der Waals surface area contributed by atoms with Crippen LogP contribution in [-0.4, -0.2) is 36.6 Å². The van der Waals surface area contributed by atoms with Crippen molar-refractivity contribution < 1.29 is 9.53 Å². The van der Waals surface area contributed by atoms with Crippen molar-refractivity contribution in [3.8, 4) is 0 Å². The molecule has 2 N–H and O–H groups in total. The number of nitrogen functional groups attached to an aromatic ring is 1. The van der Waals surface area contributed by atoms with E-state index >= 15 is 0 Å². The SMILES string of the molecule is CCC1CCC(C)N(CCCOC(=O)c2cccc(N)c2)C1. The summed E-state index contributed by atoms with van der Waals surface area (Å²) in [6.07, 6.45) is 4.77. The number of nitrogens with zero attached hydrogens (tertiary/aromatic N) is 1. The first-order valence-corrected chi connectivity index (χ1v) is 8.37. The highest BCUT2D eigenvalue weighted by atomic mass is 16.5. The summed E-state index contributed by atoms with van der Waals surface area (Å²) in [5.74, 6) is 0.538. The van der Waals surface area contributed by atoms with Crippen LogP contribution in [0.4, 0.5) is 5.69 Å². The standard InChI is InChI=1S/C18H28N2O2/c1-3-15-9-8-14(2)20(13-15)10-5-11-22-18(21)16-6-4-7-17(19)12-16/h4,6-7,12,14-15H,3,5,8-11,13,19H2,1-2H3. The van der Waals surface area contributed by atoms with Gasteiger partial charge in [0, 0.05) is 24.8 Å². The number of carbonyl (C=O) groups is 1. The van der Waals surface area contributed by atoms with Gasteiger partial charge >= 0.3 is 5.97 Å². The van der Waals surface area contributed by atoms with Gasteiger partial charge in [-0.3, -0.25) is 0 Å². The minimum Gasteiger partial charge on any atom is -0.462 e. The van der Waals surface area contributed by atoms with E-state index in [0.717, 1.165) is 18.9 Å². The Labute approximate surface area is 133 Å². The molecule has 2 atom stereocenters. The third-order valence-electron chi connectivity index (χ3n) is 4.63. The van der Waals surface area contributed by atoms with Gasteiger partial charge in [0.2, 0.25) is 0 Å². The van der Waals surface area contributed by atoms with Gasteiger partial charge in [0.25, 0.3) is 0 Å². The largest absolute Gasteiger partial charge is 0.462 e. The van der Waals surface area contributed by atoms with E-state index < -0.39 is 0 Å². The Morgan fingerprint density at radius 2 is 2.23 bits per heavy atom. The normalized spacial score (nSPS) is 22.5. The van der Waals surface area contributed by atoms with Crippen molar-refractivity contribution in [2.45, 2.75) is 45.6 Å². The number of esters is 1. The van der Waals surface area contributed by atoms with Crippen LogP contribution < -0.4 is 5.73 Å². The smallest absolute Gasteiger partial charge is 0.338 e. The van der Waals surface area contributed by atoms with E-state index in [2.05, 4.69) is 18.7 Å². The molecule has 1 saturated heterocycles. The lowest BCUT2D eigenvalue weighted by molar-refractivity contribution is 0.0462. The summed E-state index contributed by atoms with van der Waals surface area (Å²) in [7, 11) is 0. The zero-order chi connectivity index (χ0) is 15.9. The minimum absolute atomic E-state index is 0.287. The second kappa shape index (κ2) is 8.18. The van der Waals surface area contributed by atoms with Crippen molar-refractivity contribution in [2.75, 3.05) is 25.4 Å². The summed E-state index contributed by atoms with van der Waals surface area (Å²) in [4.78, 5) is 14.5. The van der Waals surface area contributed by atoms with Crippen LogP contribution in [-0.2, 0) is 4.74 Å². The average molecular weight is 304 g/mol. The first-order valence-electron chi connectivity index (χ1n) is 8.37. The van der Waals surface area contributed by atoms with Crippen LogP contribution in [0.25, 0.3) is 0 Å². The van der Waals surface area contributed by atoms with Gasteiger partial charge in [-0.25, -0.2) is 4.79 Å². The van der Waals surface area contributed by atoms with Crippen LogP contribution in [0.5, 0.6) is 0 Å². The Hall–Kier alpha value is -1.55. The summed E-state index contributed by atoms with van der Waals surface area (Å²) in [5, 5.41) is 0. The number of hydrogen-bond acceptors (Lipinski definition) is 4. The fraction of sp³-hybridized carbons (Fsp3) is 0.611. The Morgan fingerprint density at radius 3 is 2.95 bits per heavy atom. The number of anilines is 1. The fourth-order valence-electron chi connectivity index (χ4n) is 3.09. The highest BCUT2D eigenvalue weighted by molar-refractivity contribution is 5.90. The summed E-state index contributed by atoms with van der Waals surface area (Å²) < 4.78 is 5.34. The van der Waals surface area contributed by atoms with Crippen molar-refractivity contribution in [1.29, 1.82) is 0 Å². The number of ether oxygens (including phenoxy) is 1. The monoisotopic (exact) mass is 304 g/mol. The fourth-order valence-corrected chi connectivity index (χ4v) is 3.09. The molecule has 1 aromatic rings. The molecular formula is C18H28N2O2. The molecule has 22 heavy (non-hydrogen) atoms. The lowest BCUT2D eigenvalue weighted by atomic mass is 9.91. The van der Waals surface area contributed by atoms with Crippen molar-refractivity contribution >= 4 is 11.7 Å². The van der Waals surface area contributed by atoms with Gasteiger partial charge in [0.05, 0.1) is 12.2 Å². The van der Waals surface area contributed by atoms with Gasteiger partial charge in [0.1, 0.15) is 0 Å². The van der Waals surface area contributed by atoms with E-state index in [-0.39, 0.29) is 5.97 Å². The van der Waals surface area contributed by atoms with Crippen LogP contribution in [0.3, 0.4) is 0 Å². The third-order valence-corrected chi connectivity index (χ3v) is 4.63. The van der Waals surface area contributed by atoms with Crippen LogP contribution in [0.15, 0.2) is 24.3 Å². The van der Waals surface area contributed by atoms with Crippen molar-refractivity contribution in [3.63, 3.8) is 0 Å². The topological polar surface area (TPSA) is 55.6 Å². The minimum atomic E-state index is -0.287. The van der Waals surface area contributed by atoms with Crippen LogP contribution >= 0.6 is 0 Å². The van der Waals surface area contributed by atoms with Gasteiger partial charge in [-0.05, 0) is 50.3 Å². The number of nitrogens with two attached hydrogens (primary N) is 1. The Morgan fingerprint density at radius 1 is 1.41 bits per heavy atom. The molecule has 0 radical (unpaired) electrons. The van der Waals surface area contributed by atoms with Crippen LogP contribution in [0.1, 0.15) is 49.9 Å². The molecule has 0 aromatic heterocycles. The molecule has 4 nitrogen and oxygen atoms in total. The maximum absolute atomic E-state index is 11.9. The van der Waals surface area contributed by atoms with E-state index in [1.807, 2.05) is 0 Å². The lowest BCUT2D eigenvalue weighted by Crippen LogP contribution is -2.42. The summed E-state index contributed by atoms with van der Waals surface area (Å²) in [6, 6.07) is 7.57. The molecule has 0 aliphatic carbocycles. The first-order chi connectivity index (χ1) is 10.6. The molecule has 122 valence electrons. The number of carbonyl (C=O) groups excluding carboxylic acids is 1. The predicted molar refractivity (Wildman–Crippen MR) is 89.8 cm³/mol. The van der Waals surface area contributed by atoms with E-state index in [1.165, 1.54) is 25.8 Å². The molecule has 1 aromatic carbocycles. The van der Waals surface area contributed by atoms with E-state index in [1.54, 1.807) is 24.3 Å². The van der Waals surface area contributed by atoms with E-state index in [9.17, 15) is 4.79 Å². The number of rotatable bonds is 6. The molecule has 1 fully saturated rings. The molecule has 0 saturated carbocycles. The molecule has 4 heteroatoms. The van der Waals surface area contributed by atoms with Crippen molar-refractivity contribution in [2.24, 2.45) is 5.92 Å². The van der Waals surface area contributed by atoms with Crippen molar-refractivity contribution in [1.82, 2.24) is 4.90 Å².